The van der Waals surface area contributed by atoms with E-state index in [1.165, 1.54) is 25.7 Å². The molecule has 1 aromatic heterocycles. The van der Waals surface area contributed by atoms with Gasteiger partial charge in [0.2, 0.25) is 0 Å². The van der Waals surface area contributed by atoms with Gasteiger partial charge in [0.25, 0.3) is 0 Å². The van der Waals surface area contributed by atoms with Crippen molar-refractivity contribution in [2.45, 2.75) is 96.6 Å². The molecule has 2 aromatic rings. The predicted octanol–water partition coefficient (Wildman–Crippen LogP) is 6.37. The van der Waals surface area contributed by atoms with Crippen molar-refractivity contribution in [1.29, 1.82) is 0 Å². The van der Waals surface area contributed by atoms with Gasteiger partial charge in [0, 0.05) is 18.5 Å². The molecule has 4 heterocycles. The van der Waals surface area contributed by atoms with E-state index in [1.807, 2.05) is 32.6 Å². The molecule has 10 heteroatoms. The summed E-state index contributed by atoms with van der Waals surface area (Å²) in [4.78, 5) is 24.5. The molecular formula is C29H43ClFN5O3. The highest BCUT2D eigenvalue weighted by molar-refractivity contribution is 6.31. The minimum atomic E-state index is -0.575. The molecule has 0 radical (unpaired) electrons. The third-order valence-corrected chi connectivity index (χ3v) is 8.15. The average molecular weight is 564 g/mol. The van der Waals surface area contributed by atoms with Crippen LogP contribution in [0.1, 0.15) is 84.6 Å². The fourth-order valence-corrected chi connectivity index (χ4v) is 6.14. The first-order valence-electron chi connectivity index (χ1n) is 14.3. The number of hydrogen-bond acceptors (Lipinski definition) is 7. The van der Waals surface area contributed by atoms with Gasteiger partial charge in [-0.15, -0.1) is 0 Å². The molecule has 0 spiro atoms. The monoisotopic (exact) mass is 563 g/mol. The first-order valence-corrected chi connectivity index (χ1v) is 14.7. The fourth-order valence-electron chi connectivity index (χ4n) is 5.92. The summed E-state index contributed by atoms with van der Waals surface area (Å²) in [6, 6.07) is 1.72. The van der Waals surface area contributed by atoms with Crippen molar-refractivity contribution in [2.24, 2.45) is 0 Å². The van der Waals surface area contributed by atoms with Gasteiger partial charge in [0.05, 0.1) is 10.6 Å². The van der Waals surface area contributed by atoms with E-state index in [2.05, 4.69) is 14.9 Å². The van der Waals surface area contributed by atoms with Crippen molar-refractivity contribution in [3.8, 4) is 6.01 Å². The molecule has 0 aliphatic carbocycles. The molecule has 5 rings (SSSR count). The van der Waals surface area contributed by atoms with Crippen molar-refractivity contribution in [1.82, 2.24) is 19.8 Å². The van der Waals surface area contributed by atoms with Gasteiger partial charge in [0.1, 0.15) is 23.5 Å². The van der Waals surface area contributed by atoms with Crippen molar-refractivity contribution >= 4 is 34.4 Å². The second-order valence-electron chi connectivity index (χ2n) is 11.9. The number of carbonyl (C=O) groups excluding carboxylic acids is 1. The third-order valence-electron chi connectivity index (χ3n) is 7.88. The Hall–Kier alpha value is -2.39. The smallest absolute Gasteiger partial charge is 0.410 e. The summed E-state index contributed by atoms with van der Waals surface area (Å²) < 4.78 is 25.7. The number of anilines is 1. The average Bonchev–Trinajstić information content (AvgIpc) is 3.33. The molecule has 1 aromatic carbocycles. The molecule has 0 unspecified atom stereocenters. The van der Waals surface area contributed by atoms with Crippen LogP contribution in [0.2, 0.25) is 5.02 Å². The molecule has 0 atom stereocenters. The molecule has 0 saturated carbocycles. The Morgan fingerprint density at radius 3 is 2.31 bits per heavy atom. The highest BCUT2D eigenvalue weighted by Gasteiger charge is 2.45. The van der Waals surface area contributed by atoms with Crippen LogP contribution in [0.3, 0.4) is 0 Å². The summed E-state index contributed by atoms with van der Waals surface area (Å²) in [5.74, 6) is -0.339. The van der Waals surface area contributed by atoms with Gasteiger partial charge in [-0.2, -0.15) is 9.97 Å². The van der Waals surface area contributed by atoms with E-state index in [4.69, 9.17) is 26.8 Å². The molecule has 3 saturated heterocycles. The number of nitrogens with two attached hydrogens (primary N) is 1. The van der Waals surface area contributed by atoms with Crippen LogP contribution in [-0.4, -0.2) is 69.8 Å². The lowest BCUT2D eigenvalue weighted by Gasteiger charge is -2.31. The second kappa shape index (κ2) is 12.4. The fraction of sp³-hybridized carbons (Fsp3) is 0.690. The molecule has 3 aliphatic heterocycles. The minimum Gasteiger partial charge on any atom is -0.461 e. The van der Waals surface area contributed by atoms with Crippen LogP contribution in [0.5, 0.6) is 6.01 Å². The standard InChI is InChI=1S/C18H22ClFN4O.C11H21NO2/c1-2-11-9-12(19)14(20)15-13(11)16(21)23-17(22-15)25-10-18-5-3-7-24(18)8-4-6-18;1-11(2,3)14-10(13)12-8-6-4-5-7-9-12/h9H,2-8,10H2,1H3,(H2,21,22,23);4-9H2,1-3H3. The molecular weight excluding hydrogens is 521 g/mol. The molecule has 216 valence electrons. The Balaban J connectivity index is 0.000000215. The van der Waals surface area contributed by atoms with Crippen molar-refractivity contribution in [3.63, 3.8) is 0 Å². The third kappa shape index (κ3) is 7.04. The van der Waals surface area contributed by atoms with Crippen LogP contribution < -0.4 is 10.5 Å². The number of aromatic nitrogens is 2. The largest absolute Gasteiger partial charge is 0.461 e. The first-order chi connectivity index (χ1) is 18.5. The minimum absolute atomic E-state index is 0.0461. The van der Waals surface area contributed by atoms with Crippen LogP contribution in [-0.2, 0) is 11.2 Å². The normalized spacial score (nSPS) is 19.3. The van der Waals surface area contributed by atoms with Gasteiger partial charge in [-0.25, -0.2) is 9.18 Å². The number of halogens is 2. The summed E-state index contributed by atoms with van der Waals surface area (Å²) >= 11 is 6.01. The zero-order chi connectivity index (χ0) is 28.2. The Labute approximate surface area is 236 Å². The SMILES string of the molecule is CC(C)(C)OC(=O)N1CCCCCC1.CCc1cc(Cl)c(F)c2nc(OCC34CCCN3CCC4)nc(N)c12. The number of nitrogens with zero attached hydrogens (tertiary/aromatic N) is 4. The lowest BCUT2D eigenvalue weighted by Crippen LogP contribution is -2.43. The van der Waals surface area contributed by atoms with Crippen LogP contribution in [0.15, 0.2) is 6.07 Å². The topological polar surface area (TPSA) is 93.8 Å². The summed E-state index contributed by atoms with van der Waals surface area (Å²) in [6.45, 7) is 12.1. The number of amides is 1. The van der Waals surface area contributed by atoms with E-state index in [1.54, 1.807) is 6.07 Å². The van der Waals surface area contributed by atoms with Crippen molar-refractivity contribution in [3.05, 3.63) is 22.5 Å². The summed E-state index contributed by atoms with van der Waals surface area (Å²) in [6.07, 6.45) is 9.83. The van der Waals surface area contributed by atoms with Gasteiger partial charge < -0.3 is 20.1 Å². The van der Waals surface area contributed by atoms with E-state index >= 15 is 0 Å². The van der Waals surface area contributed by atoms with E-state index in [9.17, 15) is 9.18 Å². The zero-order valence-electron chi connectivity index (χ0n) is 23.8. The van der Waals surface area contributed by atoms with Crippen LogP contribution >= 0.6 is 11.6 Å². The molecule has 39 heavy (non-hydrogen) atoms. The Morgan fingerprint density at radius 1 is 1.08 bits per heavy atom. The number of ether oxygens (including phenoxy) is 2. The maximum absolute atomic E-state index is 14.5. The van der Waals surface area contributed by atoms with Gasteiger partial charge in [-0.1, -0.05) is 31.4 Å². The van der Waals surface area contributed by atoms with Gasteiger partial charge in [0.15, 0.2) is 5.82 Å². The first kappa shape index (κ1) is 29.6. The van der Waals surface area contributed by atoms with E-state index in [0.717, 1.165) is 57.4 Å². The lowest BCUT2D eigenvalue weighted by molar-refractivity contribution is 0.0257. The van der Waals surface area contributed by atoms with E-state index in [-0.39, 0.29) is 39.6 Å². The highest BCUT2D eigenvalue weighted by Crippen LogP contribution is 2.39. The maximum atomic E-state index is 14.5. The number of nitrogen functional groups attached to an aromatic ring is 1. The van der Waals surface area contributed by atoms with Crippen LogP contribution in [0.25, 0.3) is 10.9 Å². The summed E-state index contributed by atoms with van der Waals surface area (Å²) in [5.41, 5.74) is 6.77. The summed E-state index contributed by atoms with van der Waals surface area (Å²) in [5, 5.41) is 0.572. The number of aryl methyl sites for hydroxylation is 1. The number of fused-ring (bicyclic) bond motifs is 2. The molecule has 8 nitrogen and oxygen atoms in total. The van der Waals surface area contributed by atoms with Gasteiger partial charge in [-0.05, 0) is 90.4 Å². The molecule has 0 bridgehead atoms. The van der Waals surface area contributed by atoms with Crippen molar-refractivity contribution < 1.29 is 18.7 Å². The second-order valence-corrected chi connectivity index (χ2v) is 12.3. The molecule has 3 fully saturated rings. The van der Waals surface area contributed by atoms with E-state index < -0.39 is 5.82 Å². The maximum Gasteiger partial charge on any atom is 0.410 e. The number of likely N-dealkylation sites (tertiary alicyclic amines) is 1. The quantitative estimate of drug-likeness (QED) is 0.462. The molecule has 3 aliphatic rings. The van der Waals surface area contributed by atoms with Crippen molar-refractivity contribution in [2.75, 3.05) is 38.5 Å². The number of benzene rings is 1. The summed E-state index contributed by atoms with van der Waals surface area (Å²) in [7, 11) is 0. The molecule has 1 amide bonds. The van der Waals surface area contributed by atoms with E-state index in [0.29, 0.717) is 18.4 Å². The Kier molecular flexibility index (Phi) is 9.42. The van der Waals surface area contributed by atoms with Crippen LogP contribution in [0.4, 0.5) is 15.0 Å². The highest BCUT2D eigenvalue weighted by atomic mass is 35.5. The van der Waals surface area contributed by atoms with Gasteiger partial charge in [-0.3, -0.25) is 4.90 Å². The number of rotatable bonds is 4. The molecule has 2 N–H and O–H groups in total. The number of carbonyl (C=O) groups is 1. The predicted molar refractivity (Wildman–Crippen MR) is 153 cm³/mol. The van der Waals surface area contributed by atoms with Gasteiger partial charge >= 0.3 is 12.1 Å². The zero-order valence-corrected chi connectivity index (χ0v) is 24.6. The van der Waals surface area contributed by atoms with Crippen LogP contribution in [0, 0.1) is 5.82 Å². The Bertz CT molecular complexity index is 1150. The number of hydrogen-bond donors (Lipinski definition) is 1. The Morgan fingerprint density at radius 2 is 1.72 bits per heavy atom. The lowest BCUT2D eigenvalue weighted by atomic mass is 9.95.